The van der Waals surface area contributed by atoms with E-state index >= 15 is 0 Å². The third-order valence-corrected chi connectivity index (χ3v) is 4.12. The molecule has 0 amide bonds. The van der Waals surface area contributed by atoms with Crippen molar-refractivity contribution in [3.63, 3.8) is 0 Å². The molecule has 0 spiro atoms. The second kappa shape index (κ2) is 7.86. The van der Waals surface area contributed by atoms with E-state index in [1.807, 2.05) is 13.0 Å². The van der Waals surface area contributed by atoms with Crippen molar-refractivity contribution >= 4 is 17.1 Å². The predicted octanol–water partition coefficient (Wildman–Crippen LogP) is 4.41. The van der Waals surface area contributed by atoms with E-state index in [0.29, 0.717) is 0 Å². The number of anilines is 2. The lowest BCUT2D eigenvalue weighted by molar-refractivity contribution is -0.384. The predicted molar refractivity (Wildman–Crippen MR) is 86.9 cm³/mol. The molecular formula is C16H25N3O2. The zero-order chi connectivity index (χ0) is 15.1. The van der Waals surface area contributed by atoms with E-state index in [1.54, 1.807) is 12.1 Å². The highest BCUT2D eigenvalue weighted by Gasteiger charge is 2.13. The van der Waals surface area contributed by atoms with Gasteiger partial charge < -0.3 is 10.6 Å². The fourth-order valence-electron chi connectivity index (χ4n) is 3.02. The molecule has 5 heteroatoms. The summed E-state index contributed by atoms with van der Waals surface area (Å²) in [5.74, 6) is 0.818. The largest absolute Gasteiger partial charge is 0.385 e. The number of nitrogens with zero attached hydrogens (tertiary/aromatic N) is 1. The Morgan fingerprint density at radius 3 is 2.43 bits per heavy atom. The topological polar surface area (TPSA) is 67.2 Å². The number of nitrogens with one attached hydrogen (secondary N) is 2. The first-order chi connectivity index (χ1) is 10.2. The maximum Gasteiger partial charge on any atom is 0.273 e. The van der Waals surface area contributed by atoms with Gasteiger partial charge in [-0.1, -0.05) is 32.1 Å². The molecule has 2 N–H and O–H groups in total. The molecule has 0 heterocycles. The normalized spacial score (nSPS) is 15.7. The molecule has 0 saturated heterocycles. The van der Waals surface area contributed by atoms with Crippen molar-refractivity contribution in [1.82, 2.24) is 0 Å². The third-order valence-electron chi connectivity index (χ3n) is 4.12. The van der Waals surface area contributed by atoms with Crippen LogP contribution in [0.25, 0.3) is 0 Å². The van der Waals surface area contributed by atoms with Gasteiger partial charge >= 0.3 is 0 Å². The third kappa shape index (κ3) is 4.92. The van der Waals surface area contributed by atoms with Crippen molar-refractivity contribution in [1.29, 1.82) is 0 Å². The van der Waals surface area contributed by atoms with Crippen LogP contribution in [0.1, 0.15) is 45.4 Å². The quantitative estimate of drug-likeness (QED) is 0.577. The average Bonchev–Trinajstić information content (AvgIpc) is 2.48. The van der Waals surface area contributed by atoms with Crippen LogP contribution >= 0.6 is 0 Å². The number of hydrogen-bond acceptors (Lipinski definition) is 4. The highest BCUT2D eigenvalue weighted by atomic mass is 16.6. The van der Waals surface area contributed by atoms with E-state index in [4.69, 9.17) is 0 Å². The van der Waals surface area contributed by atoms with Crippen molar-refractivity contribution < 1.29 is 4.92 Å². The molecule has 0 unspecified atom stereocenters. The smallest absolute Gasteiger partial charge is 0.273 e. The second-order valence-electron chi connectivity index (χ2n) is 5.78. The van der Waals surface area contributed by atoms with Gasteiger partial charge in [-0.2, -0.15) is 0 Å². The number of nitro groups is 1. The molecule has 0 atom stereocenters. The van der Waals surface area contributed by atoms with Gasteiger partial charge in [-0.15, -0.1) is 0 Å². The van der Waals surface area contributed by atoms with Gasteiger partial charge in [0, 0.05) is 36.6 Å². The Morgan fingerprint density at radius 2 is 1.81 bits per heavy atom. The molecule has 0 bridgehead atoms. The van der Waals surface area contributed by atoms with E-state index in [2.05, 4.69) is 10.6 Å². The maximum absolute atomic E-state index is 11.0. The molecule has 116 valence electrons. The van der Waals surface area contributed by atoms with Crippen LogP contribution in [0.2, 0.25) is 0 Å². The first-order valence-electron chi connectivity index (χ1n) is 7.96. The van der Waals surface area contributed by atoms with Gasteiger partial charge in [-0.3, -0.25) is 10.1 Å². The van der Waals surface area contributed by atoms with Crippen molar-refractivity contribution in [2.45, 2.75) is 45.4 Å². The highest BCUT2D eigenvalue weighted by molar-refractivity contribution is 5.63. The number of non-ortho nitro benzene ring substituents is 1. The summed E-state index contributed by atoms with van der Waals surface area (Å²) in [7, 11) is 0. The Bertz CT molecular complexity index is 471. The summed E-state index contributed by atoms with van der Waals surface area (Å²) in [6.07, 6.45) is 7.90. The molecule has 1 saturated carbocycles. The van der Waals surface area contributed by atoms with E-state index in [1.165, 1.54) is 32.1 Å². The fourth-order valence-corrected chi connectivity index (χ4v) is 3.02. The minimum atomic E-state index is -0.340. The number of rotatable bonds is 7. The highest BCUT2D eigenvalue weighted by Crippen LogP contribution is 2.27. The van der Waals surface area contributed by atoms with E-state index in [0.717, 1.165) is 36.8 Å². The Labute approximate surface area is 126 Å². The van der Waals surface area contributed by atoms with E-state index in [-0.39, 0.29) is 10.6 Å². The Balaban J connectivity index is 1.92. The van der Waals surface area contributed by atoms with Gasteiger partial charge in [0.15, 0.2) is 0 Å². The van der Waals surface area contributed by atoms with E-state index in [9.17, 15) is 10.1 Å². The summed E-state index contributed by atoms with van der Waals surface area (Å²) in [4.78, 5) is 10.6. The van der Waals surface area contributed by atoms with Crippen LogP contribution in [-0.4, -0.2) is 18.0 Å². The fraction of sp³-hybridized carbons (Fsp3) is 0.625. The van der Waals surface area contributed by atoms with Crippen molar-refractivity contribution in [3.8, 4) is 0 Å². The minimum Gasteiger partial charge on any atom is -0.385 e. The molecular weight excluding hydrogens is 266 g/mol. The molecule has 1 aliphatic carbocycles. The standard InChI is InChI=1S/C16H25N3O2/c1-2-17-14-10-15(12-16(11-14)19(20)21)18-9-8-13-6-4-3-5-7-13/h10-13,17-18H,2-9H2,1H3. The lowest BCUT2D eigenvalue weighted by Gasteiger charge is -2.21. The summed E-state index contributed by atoms with van der Waals surface area (Å²) in [5.41, 5.74) is 1.76. The zero-order valence-electron chi connectivity index (χ0n) is 12.7. The first kappa shape index (κ1) is 15.6. The van der Waals surface area contributed by atoms with E-state index < -0.39 is 0 Å². The lowest BCUT2D eigenvalue weighted by atomic mass is 9.87. The van der Waals surface area contributed by atoms with Crippen LogP contribution < -0.4 is 10.6 Å². The van der Waals surface area contributed by atoms with Crippen LogP contribution in [0, 0.1) is 16.0 Å². The van der Waals surface area contributed by atoms with Crippen LogP contribution in [0.3, 0.4) is 0 Å². The van der Waals surface area contributed by atoms with Gasteiger partial charge in [-0.25, -0.2) is 0 Å². The lowest BCUT2D eigenvalue weighted by Crippen LogP contribution is -2.12. The number of hydrogen-bond donors (Lipinski definition) is 2. The van der Waals surface area contributed by atoms with Crippen molar-refractivity contribution in [2.75, 3.05) is 23.7 Å². The van der Waals surface area contributed by atoms with Crippen LogP contribution in [0.5, 0.6) is 0 Å². The summed E-state index contributed by atoms with van der Waals surface area (Å²) in [5, 5.41) is 17.5. The molecule has 0 aromatic heterocycles. The van der Waals surface area contributed by atoms with Gasteiger partial charge in [0.05, 0.1) is 4.92 Å². The molecule has 0 aliphatic heterocycles. The monoisotopic (exact) mass is 291 g/mol. The molecule has 1 aromatic rings. The first-order valence-corrected chi connectivity index (χ1v) is 7.96. The molecule has 2 rings (SSSR count). The molecule has 1 aromatic carbocycles. The van der Waals surface area contributed by atoms with Gasteiger partial charge in [0.1, 0.15) is 0 Å². The van der Waals surface area contributed by atoms with Crippen LogP contribution in [-0.2, 0) is 0 Å². The molecule has 0 radical (unpaired) electrons. The maximum atomic E-state index is 11.0. The van der Waals surface area contributed by atoms with Crippen LogP contribution in [0.4, 0.5) is 17.1 Å². The Morgan fingerprint density at radius 1 is 1.14 bits per heavy atom. The SMILES string of the molecule is CCNc1cc(NCCC2CCCCC2)cc([N+](=O)[O-])c1. The summed E-state index contributed by atoms with van der Waals surface area (Å²) >= 11 is 0. The van der Waals surface area contributed by atoms with Crippen LogP contribution in [0.15, 0.2) is 18.2 Å². The summed E-state index contributed by atoms with van der Waals surface area (Å²) < 4.78 is 0. The van der Waals surface area contributed by atoms with Gasteiger partial charge in [-0.05, 0) is 25.3 Å². The molecule has 5 nitrogen and oxygen atoms in total. The zero-order valence-corrected chi connectivity index (χ0v) is 12.7. The Kier molecular flexibility index (Phi) is 5.84. The molecule has 21 heavy (non-hydrogen) atoms. The Hall–Kier alpha value is -1.78. The summed E-state index contributed by atoms with van der Waals surface area (Å²) in [6, 6.07) is 5.13. The van der Waals surface area contributed by atoms with Gasteiger partial charge in [0.25, 0.3) is 5.69 Å². The number of nitro benzene ring substituents is 1. The van der Waals surface area contributed by atoms with Crippen molar-refractivity contribution in [2.24, 2.45) is 5.92 Å². The van der Waals surface area contributed by atoms with Gasteiger partial charge in [0.2, 0.25) is 0 Å². The summed E-state index contributed by atoms with van der Waals surface area (Å²) in [6.45, 7) is 3.62. The minimum absolute atomic E-state index is 0.133. The molecule has 1 fully saturated rings. The van der Waals surface area contributed by atoms with Crippen molar-refractivity contribution in [3.05, 3.63) is 28.3 Å². The number of benzene rings is 1. The second-order valence-corrected chi connectivity index (χ2v) is 5.78. The average molecular weight is 291 g/mol. The molecule has 1 aliphatic rings.